The molecule has 0 N–H and O–H groups in total. The highest BCUT2D eigenvalue weighted by atomic mass is 16.3. The number of fused-ring (bicyclic) bond motifs is 11. The third-order valence-electron chi connectivity index (χ3n) is 13.4. The SMILES string of the molecule is [C-]#[N+]c1ccc(N(c2cc(C)c(C)c(C)c2)c2cc3oc4c(ccc5oc6cc(N(c7ccc(C#N)cc7)c7cc(C)c(C)c(C)c7)c7ccccc7c6c54)c3c3ccccc23)cc1. The number of hydrogen-bond acceptors (Lipinski definition) is 5. The number of nitrogens with zero attached hydrogens (tertiary/aromatic N) is 4. The molecule has 0 saturated carbocycles. The Bertz CT molecular complexity index is 3780. The third-order valence-corrected chi connectivity index (χ3v) is 13.4. The largest absolute Gasteiger partial charge is 0.456 e. The number of aryl methyl sites for hydroxylation is 4. The second kappa shape index (κ2) is 14.7. The van der Waals surface area contributed by atoms with E-state index in [1.165, 1.54) is 33.4 Å². The lowest BCUT2D eigenvalue weighted by Gasteiger charge is -2.28. The Morgan fingerprint density at radius 1 is 0.453 bits per heavy atom. The Hall–Kier alpha value is -8.32. The van der Waals surface area contributed by atoms with Gasteiger partial charge in [-0.25, -0.2) is 4.85 Å². The highest BCUT2D eigenvalue weighted by molar-refractivity contribution is 6.32. The Kier molecular flexibility index (Phi) is 8.84. The number of furan rings is 2. The Morgan fingerprint density at radius 3 is 1.42 bits per heavy atom. The Morgan fingerprint density at radius 2 is 0.922 bits per heavy atom. The Labute approximate surface area is 371 Å². The smallest absolute Gasteiger partial charge is 0.187 e. The van der Waals surface area contributed by atoms with Crippen molar-refractivity contribution in [3.63, 3.8) is 0 Å². The van der Waals surface area contributed by atoms with Gasteiger partial charge in [-0.1, -0.05) is 60.7 Å². The van der Waals surface area contributed by atoms with Crippen LogP contribution < -0.4 is 9.80 Å². The molecule has 306 valence electrons. The van der Waals surface area contributed by atoms with Gasteiger partial charge in [-0.3, -0.25) is 0 Å². The molecule has 0 aliphatic rings. The van der Waals surface area contributed by atoms with Gasteiger partial charge in [0.05, 0.1) is 35.0 Å². The van der Waals surface area contributed by atoms with Gasteiger partial charge < -0.3 is 18.6 Å². The summed E-state index contributed by atoms with van der Waals surface area (Å²) >= 11 is 0. The van der Waals surface area contributed by atoms with Gasteiger partial charge in [0.1, 0.15) is 22.3 Å². The van der Waals surface area contributed by atoms with Crippen LogP contribution in [0.5, 0.6) is 0 Å². The molecular formula is C58H42N4O2. The minimum absolute atomic E-state index is 0.593. The number of benzene rings is 9. The summed E-state index contributed by atoms with van der Waals surface area (Å²) in [5, 5.41) is 17.9. The predicted molar refractivity (Wildman–Crippen MR) is 265 cm³/mol. The van der Waals surface area contributed by atoms with E-state index in [-0.39, 0.29) is 0 Å². The summed E-state index contributed by atoms with van der Waals surface area (Å²) in [6, 6.07) is 52.5. The van der Waals surface area contributed by atoms with Crippen molar-refractivity contribution in [2.75, 3.05) is 9.80 Å². The zero-order chi connectivity index (χ0) is 44.0. The van der Waals surface area contributed by atoms with Gasteiger partial charge in [0, 0.05) is 61.8 Å². The molecule has 6 nitrogen and oxygen atoms in total. The molecule has 11 aromatic rings. The first kappa shape index (κ1) is 38.6. The van der Waals surface area contributed by atoms with Crippen LogP contribution in [0.15, 0.2) is 154 Å². The summed E-state index contributed by atoms with van der Waals surface area (Å²) in [6.07, 6.45) is 0. The lowest BCUT2D eigenvalue weighted by atomic mass is 9.97. The van der Waals surface area contributed by atoms with Crippen LogP contribution >= 0.6 is 0 Å². The molecule has 9 aromatic carbocycles. The molecule has 0 fully saturated rings. The molecule has 2 heterocycles. The molecule has 0 spiro atoms. The fourth-order valence-electron chi connectivity index (χ4n) is 9.65. The maximum Gasteiger partial charge on any atom is 0.187 e. The van der Waals surface area contributed by atoms with Crippen molar-refractivity contribution in [3.8, 4) is 6.07 Å². The van der Waals surface area contributed by atoms with E-state index in [4.69, 9.17) is 15.4 Å². The van der Waals surface area contributed by atoms with Gasteiger partial charge in [0.15, 0.2) is 5.69 Å². The summed E-state index contributed by atoms with van der Waals surface area (Å²) in [5.41, 5.74) is 17.5. The molecule has 6 heteroatoms. The van der Waals surface area contributed by atoms with Crippen LogP contribution in [0.3, 0.4) is 0 Å². The van der Waals surface area contributed by atoms with Crippen LogP contribution in [-0.2, 0) is 0 Å². The zero-order valence-electron chi connectivity index (χ0n) is 36.5. The fourth-order valence-corrected chi connectivity index (χ4v) is 9.65. The molecule has 64 heavy (non-hydrogen) atoms. The number of rotatable bonds is 6. The van der Waals surface area contributed by atoms with E-state index < -0.39 is 0 Å². The van der Waals surface area contributed by atoms with E-state index in [2.05, 4.69) is 159 Å². The van der Waals surface area contributed by atoms with Crippen LogP contribution in [0.2, 0.25) is 0 Å². The predicted octanol–water partition coefficient (Wildman–Crippen LogP) is 17.0. The first-order chi connectivity index (χ1) is 31.1. The summed E-state index contributed by atoms with van der Waals surface area (Å²) in [7, 11) is 0. The topological polar surface area (TPSA) is 60.9 Å². The summed E-state index contributed by atoms with van der Waals surface area (Å²) in [5.74, 6) is 0. The fraction of sp³-hybridized carbons (Fsp3) is 0.103. The van der Waals surface area contributed by atoms with Crippen molar-refractivity contribution < 1.29 is 8.83 Å². The van der Waals surface area contributed by atoms with E-state index in [0.29, 0.717) is 11.3 Å². The van der Waals surface area contributed by atoms with Gasteiger partial charge in [-0.05, 0) is 158 Å². The summed E-state index contributed by atoms with van der Waals surface area (Å²) in [6.45, 7) is 20.6. The van der Waals surface area contributed by atoms with Crippen molar-refractivity contribution in [2.45, 2.75) is 41.5 Å². The highest BCUT2D eigenvalue weighted by Crippen LogP contribution is 2.50. The van der Waals surface area contributed by atoms with Crippen molar-refractivity contribution in [2.24, 2.45) is 0 Å². The van der Waals surface area contributed by atoms with E-state index in [1.807, 2.05) is 48.5 Å². The third kappa shape index (κ3) is 5.92. The zero-order valence-corrected chi connectivity index (χ0v) is 36.5. The van der Waals surface area contributed by atoms with Gasteiger partial charge in [-0.15, -0.1) is 0 Å². The minimum Gasteiger partial charge on any atom is -0.456 e. The Balaban J connectivity index is 1.19. The van der Waals surface area contributed by atoms with E-state index in [9.17, 15) is 5.26 Å². The van der Waals surface area contributed by atoms with Crippen molar-refractivity contribution in [1.29, 1.82) is 5.26 Å². The average molecular weight is 827 g/mol. The standard InChI is InChI=1S/C58H42N4O2/c1-33-26-43(27-34(2)37(33)5)61(41-20-16-39(32-59)17-21-41)51-31-54-56(48-15-11-9-13-46(48)51)57-52(63-54)25-24-49-55-47-14-10-8-12-45(47)50(30-53(55)64-58(49)57)62(42-22-18-40(60-7)19-23-42)44-28-35(3)38(6)36(4)29-44/h8-31H,1-6H3. The quantitative estimate of drug-likeness (QED) is 0.156. The lowest BCUT2D eigenvalue weighted by Crippen LogP contribution is -2.11. The van der Waals surface area contributed by atoms with Crippen molar-refractivity contribution >= 4 is 105 Å². The molecule has 2 aromatic heterocycles. The average Bonchev–Trinajstić information content (AvgIpc) is 3.89. The van der Waals surface area contributed by atoms with Gasteiger partial charge >= 0.3 is 0 Å². The first-order valence-electron chi connectivity index (χ1n) is 21.5. The van der Waals surface area contributed by atoms with E-state index >= 15 is 0 Å². The van der Waals surface area contributed by atoms with E-state index in [1.54, 1.807) is 0 Å². The van der Waals surface area contributed by atoms with Crippen LogP contribution in [0.25, 0.3) is 70.3 Å². The molecule has 0 unspecified atom stereocenters. The normalized spacial score (nSPS) is 11.6. The van der Waals surface area contributed by atoms with Crippen LogP contribution in [-0.4, -0.2) is 0 Å². The molecule has 0 atom stereocenters. The summed E-state index contributed by atoms with van der Waals surface area (Å²) in [4.78, 5) is 8.25. The maximum atomic E-state index is 9.69. The molecule has 11 rings (SSSR count). The molecular weight excluding hydrogens is 785 g/mol. The lowest BCUT2D eigenvalue weighted by molar-refractivity contribution is 0.663. The molecule has 0 saturated heterocycles. The van der Waals surface area contributed by atoms with Crippen LogP contribution in [0, 0.1) is 59.4 Å². The van der Waals surface area contributed by atoms with Gasteiger partial charge in [-0.2, -0.15) is 5.26 Å². The van der Waals surface area contributed by atoms with Gasteiger partial charge in [0.2, 0.25) is 0 Å². The van der Waals surface area contributed by atoms with Crippen LogP contribution in [0.1, 0.15) is 38.9 Å². The second-order valence-corrected chi connectivity index (χ2v) is 17.0. The molecule has 0 bridgehead atoms. The molecule has 0 radical (unpaired) electrons. The molecule has 0 aliphatic heterocycles. The molecule has 0 aliphatic carbocycles. The number of anilines is 6. The number of nitriles is 1. The van der Waals surface area contributed by atoms with Crippen LogP contribution in [0.4, 0.5) is 39.8 Å². The second-order valence-electron chi connectivity index (χ2n) is 17.0. The summed E-state index contributed by atoms with van der Waals surface area (Å²) < 4.78 is 14.1. The molecule has 0 amide bonds. The number of hydrogen-bond donors (Lipinski definition) is 0. The van der Waals surface area contributed by atoms with Gasteiger partial charge in [0.25, 0.3) is 0 Å². The van der Waals surface area contributed by atoms with E-state index in [0.717, 1.165) is 99.5 Å². The maximum absolute atomic E-state index is 9.69. The minimum atomic E-state index is 0.593. The van der Waals surface area contributed by atoms with Crippen molar-refractivity contribution in [1.82, 2.24) is 0 Å². The monoisotopic (exact) mass is 826 g/mol. The van der Waals surface area contributed by atoms with Crippen molar-refractivity contribution in [3.05, 3.63) is 196 Å². The first-order valence-corrected chi connectivity index (χ1v) is 21.5. The highest BCUT2D eigenvalue weighted by Gasteiger charge is 2.26.